The first-order valence-electron chi connectivity index (χ1n) is 3.91. The maximum absolute atomic E-state index is 10.5. The summed E-state index contributed by atoms with van der Waals surface area (Å²) in [6, 6.07) is 0. The van der Waals surface area contributed by atoms with E-state index in [-0.39, 0.29) is 5.97 Å². The molecule has 0 spiro atoms. The minimum Gasteiger partial charge on any atom is -0.423 e. The number of rotatable bonds is 1. The number of carbonyl (C=O) groups is 1. The highest BCUT2D eigenvalue weighted by molar-refractivity contribution is 5.86. The zero-order chi connectivity index (χ0) is 8.81. The van der Waals surface area contributed by atoms with Crippen molar-refractivity contribution in [3.8, 4) is 11.8 Å². The monoisotopic (exact) mass is 162 g/mol. The number of carbonyl (C=O) groups excluding carboxylic acids is 1. The Balaban J connectivity index is 2.45. The third kappa shape index (κ3) is 2.63. The van der Waals surface area contributed by atoms with Crippen LogP contribution >= 0.6 is 0 Å². The fraction of sp³-hybridized carbons (Fsp3) is 0.300. The highest BCUT2D eigenvalue weighted by atomic mass is 16.5. The van der Waals surface area contributed by atoms with Crippen LogP contribution in [0.15, 0.2) is 24.0 Å². The van der Waals surface area contributed by atoms with Gasteiger partial charge in [-0.2, -0.15) is 0 Å². The van der Waals surface area contributed by atoms with E-state index in [9.17, 15) is 4.79 Å². The largest absolute Gasteiger partial charge is 0.423 e. The fourth-order valence-electron chi connectivity index (χ4n) is 0.731. The Kier molecular flexibility index (Phi) is 3.16. The van der Waals surface area contributed by atoms with Gasteiger partial charge in [-0.15, -0.1) is 0 Å². The molecule has 0 atom stereocenters. The molecule has 0 saturated heterocycles. The molecule has 2 nitrogen and oxygen atoms in total. The maximum Gasteiger partial charge on any atom is 0.336 e. The second kappa shape index (κ2) is 4.40. The number of esters is 1. The van der Waals surface area contributed by atoms with E-state index in [0.717, 1.165) is 12.8 Å². The average Bonchev–Trinajstić information content (AvgIpc) is 2.45. The van der Waals surface area contributed by atoms with E-state index in [0.29, 0.717) is 5.76 Å². The predicted octanol–water partition coefficient (Wildman–Crippen LogP) is 1.79. The SMILES string of the molecule is CCCC#C/C=C1/C=CC(=O)O1. The van der Waals surface area contributed by atoms with E-state index in [1.807, 2.05) is 0 Å². The van der Waals surface area contributed by atoms with E-state index in [1.54, 1.807) is 12.2 Å². The number of hydrogen-bond donors (Lipinski definition) is 0. The van der Waals surface area contributed by atoms with Crippen molar-refractivity contribution in [2.45, 2.75) is 19.8 Å². The Hall–Kier alpha value is -1.49. The van der Waals surface area contributed by atoms with Crippen molar-refractivity contribution in [3.05, 3.63) is 24.0 Å². The van der Waals surface area contributed by atoms with Gasteiger partial charge < -0.3 is 4.74 Å². The van der Waals surface area contributed by atoms with Gasteiger partial charge >= 0.3 is 5.97 Å². The molecule has 0 fully saturated rings. The van der Waals surface area contributed by atoms with Crippen molar-refractivity contribution in [1.82, 2.24) is 0 Å². The number of unbranched alkanes of at least 4 members (excludes halogenated alkanes) is 1. The van der Waals surface area contributed by atoms with Gasteiger partial charge in [0.15, 0.2) is 0 Å². The molecule has 0 saturated carbocycles. The average molecular weight is 162 g/mol. The smallest absolute Gasteiger partial charge is 0.336 e. The van der Waals surface area contributed by atoms with Gasteiger partial charge in [-0.1, -0.05) is 18.8 Å². The summed E-state index contributed by atoms with van der Waals surface area (Å²) in [7, 11) is 0. The van der Waals surface area contributed by atoms with Crippen LogP contribution in [0.25, 0.3) is 0 Å². The molecule has 0 bridgehead atoms. The first-order valence-corrected chi connectivity index (χ1v) is 3.91. The third-order valence-electron chi connectivity index (χ3n) is 1.29. The Morgan fingerprint density at radius 1 is 1.58 bits per heavy atom. The third-order valence-corrected chi connectivity index (χ3v) is 1.29. The van der Waals surface area contributed by atoms with Crippen LogP contribution < -0.4 is 0 Å². The lowest BCUT2D eigenvalue weighted by Gasteiger charge is -1.89. The zero-order valence-corrected chi connectivity index (χ0v) is 6.96. The molecule has 0 N–H and O–H groups in total. The molecule has 0 aromatic rings. The van der Waals surface area contributed by atoms with E-state index >= 15 is 0 Å². The maximum atomic E-state index is 10.5. The van der Waals surface area contributed by atoms with Gasteiger partial charge in [-0.3, -0.25) is 0 Å². The Bertz CT molecular complexity index is 287. The standard InChI is InChI=1S/C10H10O2/c1-2-3-4-5-6-9-7-8-10(11)12-9/h6-8H,2-3H2,1H3/b9-6-. The number of cyclic esters (lactones) is 1. The van der Waals surface area contributed by atoms with Crippen LogP contribution in [0.3, 0.4) is 0 Å². The molecule has 1 aliphatic rings. The van der Waals surface area contributed by atoms with Crippen LogP contribution in [-0.4, -0.2) is 5.97 Å². The van der Waals surface area contributed by atoms with E-state index < -0.39 is 0 Å². The summed E-state index contributed by atoms with van der Waals surface area (Å²) in [6.07, 6.45) is 6.53. The van der Waals surface area contributed by atoms with Crippen LogP contribution in [0.4, 0.5) is 0 Å². The van der Waals surface area contributed by atoms with E-state index in [2.05, 4.69) is 18.8 Å². The molecular weight excluding hydrogens is 152 g/mol. The molecule has 12 heavy (non-hydrogen) atoms. The molecule has 1 rings (SSSR count). The summed E-state index contributed by atoms with van der Waals surface area (Å²) >= 11 is 0. The second-order valence-corrected chi connectivity index (χ2v) is 2.37. The molecule has 0 aliphatic carbocycles. The molecule has 2 heteroatoms. The summed E-state index contributed by atoms with van der Waals surface area (Å²) in [5.41, 5.74) is 0. The van der Waals surface area contributed by atoms with Gasteiger partial charge in [0.2, 0.25) is 0 Å². The Morgan fingerprint density at radius 2 is 2.42 bits per heavy atom. The molecule has 62 valence electrons. The van der Waals surface area contributed by atoms with Crippen LogP contribution in [0, 0.1) is 11.8 Å². The van der Waals surface area contributed by atoms with Gasteiger partial charge in [0.25, 0.3) is 0 Å². The second-order valence-electron chi connectivity index (χ2n) is 2.37. The van der Waals surface area contributed by atoms with Crippen molar-refractivity contribution in [1.29, 1.82) is 0 Å². The van der Waals surface area contributed by atoms with E-state index in [1.165, 1.54) is 6.08 Å². The molecule has 0 aromatic carbocycles. The first-order chi connectivity index (χ1) is 5.83. The minimum atomic E-state index is -0.321. The number of ether oxygens (including phenoxy) is 1. The van der Waals surface area contributed by atoms with Crippen molar-refractivity contribution >= 4 is 5.97 Å². The normalized spacial score (nSPS) is 17.4. The molecule has 1 heterocycles. The number of hydrogen-bond acceptors (Lipinski definition) is 2. The molecule has 0 amide bonds. The van der Waals surface area contributed by atoms with Crippen LogP contribution in [0.5, 0.6) is 0 Å². The molecule has 0 radical (unpaired) electrons. The van der Waals surface area contributed by atoms with Crippen LogP contribution in [0.2, 0.25) is 0 Å². The topological polar surface area (TPSA) is 26.3 Å². The van der Waals surface area contributed by atoms with Gasteiger partial charge in [-0.25, -0.2) is 4.79 Å². The lowest BCUT2D eigenvalue weighted by Crippen LogP contribution is -1.89. The van der Waals surface area contributed by atoms with Crippen molar-refractivity contribution < 1.29 is 9.53 Å². The molecular formula is C10H10O2. The predicted molar refractivity (Wildman–Crippen MR) is 46.0 cm³/mol. The van der Waals surface area contributed by atoms with E-state index in [4.69, 9.17) is 4.74 Å². The van der Waals surface area contributed by atoms with Gasteiger partial charge in [0.1, 0.15) is 5.76 Å². The quantitative estimate of drug-likeness (QED) is 0.434. The summed E-state index contributed by atoms with van der Waals surface area (Å²) in [5, 5.41) is 0. The molecule has 1 aliphatic heterocycles. The van der Waals surface area contributed by atoms with Crippen LogP contribution in [0.1, 0.15) is 19.8 Å². The van der Waals surface area contributed by atoms with Crippen molar-refractivity contribution in [2.24, 2.45) is 0 Å². The summed E-state index contributed by atoms with van der Waals surface area (Å²) in [5.74, 6) is 5.94. The number of allylic oxidation sites excluding steroid dienone is 2. The lowest BCUT2D eigenvalue weighted by atomic mass is 10.3. The Morgan fingerprint density at radius 3 is 3.00 bits per heavy atom. The highest BCUT2D eigenvalue weighted by Crippen LogP contribution is 2.07. The summed E-state index contributed by atoms with van der Waals surface area (Å²) < 4.78 is 4.75. The summed E-state index contributed by atoms with van der Waals surface area (Å²) in [6.45, 7) is 2.07. The van der Waals surface area contributed by atoms with Gasteiger partial charge in [0.05, 0.1) is 0 Å². The highest BCUT2D eigenvalue weighted by Gasteiger charge is 2.07. The lowest BCUT2D eigenvalue weighted by molar-refractivity contribution is -0.132. The first kappa shape index (κ1) is 8.61. The fourth-order valence-corrected chi connectivity index (χ4v) is 0.731. The Labute approximate surface area is 71.9 Å². The molecule has 0 unspecified atom stereocenters. The molecule has 0 aromatic heterocycles. The van der Waals surface area contributed by atoms with Gasteiger partial charge in [0, 0.05) is 18.6 Å². The summed E-state index contributed by atoms with van der Waals surface area (Å²) in [4.78, 5) is 10.5. The zero-order valence-electron chi connectivity index (χ0n) is 6.96. The van der Waals surface area contributed by atoms with Gasteiger partial charge in [-0.05, 0) is 12.5 Å². The minimum absolute atomic E-state index is 0.321. The van der Waals surface area contributed by atoms with Crippen molar-refractivity contribution in [2.75, 3.05) is 0 Å². The van der Waals surface area contributed by atoms with Crippen molar-refractivity contribution in [3.63, 3.8) is 0 Å². The van der Waals surface area contributed by atoms with Crippen LogP contribution in [-0.2, 0) is 9.53 Å².